The van der Waals surface area contributed by atoms with Gasteiger partial charge >= 0.3 is 0 Å². The molecule has 26 heavy (non-hydrogen) atoms. The summed E-state index contributed by atoms with van der Waals surface area (Å²) in [5.74, 6) is 1.52. The standard InChI is InChI=1S/C19H23ClN4O2/c1-13-10-16(11-14(2)19(13)20)26-12-18(25)24-8-6-23(7-9-24)17-5-4-15(3)21-22-17/h4-5,10-11H,6-9,12H2,1-3H3. The SMILES string of the molecule is Cc1ccc(N2CCN(C(=O)COc3cc(C)c(Cl)c(C)c3)CC2)nn1. The van der Waals surface area contributed by atoms with Gasteiger partial charge in [-0.05, 0) is 56.2 Å². The third-order valence-corrected chi connectivity index (χ3v) is 5.11. The van der Waals surface area contributed by atoms with Gasteiger partial charge in [0.2, 0.25) is 0 Å². The van der Waals surface area contributed by atoms with Crippen LogP contribution in [0.2, 0.25) is 5.02 Å². The zero-order valence-electron chi connectivity index (χ0n) is 15.3. The molecule has 138 valence electrons. The molecule has 2 aromatic rings. The maximum atomic E-state index is 12.4. The van der Waals surface area contributed by atoms with Crippen LogP contribution in [0, 0.1) is 20.8 Å². The van der Waals surface area contributed by atoms with Gasteiger partial charge in [-0.2, -0.15) is 5.10 Å². The van der Waals surface area contributed by atoms with Crippen LogP contribution < -0.4 is 9.64 Å². The fraction of sp³-hybridized carbons (Fsp3) is 0.421. The highest BCUT2D eigenvalue weighted by Gasteiger charge is 2.22. The molecule has 1 aromatic heterocycles. The van der Waals surface area contributed by atoms with Gasteiger partial charge in [0.25, 0.3) is 5.91 Å². The van der Waals surface area contributed by atoms with Crippen molar-refractivity contribution in [3.05, 3.63) is 46.1 Å². The van der Waals surface area contributed by atoms with E-state index in [4.69, 9.17) is 16.3 Å². The third-order valence-electron chi connectivity index (χ3n) is 4.51. The number of halogens is 1. The summed E-state index contributed by atoms with van der Waals surface area (Å²) in [6, 6.07) is 7.63. The van der Waals surface area contributed by atoms with Crippen molar-refractivity contribution in [2.45, 2.75) is 20.8 Å². The maximum absolute atomic E-state index is 12.4. The Hall–Kier alpha value is -2.34. The quantitative estimate of drug-likeness (QED) is 0.823. The van der Waals surface area contributed by atoms with Crippen LogP contribution in [0.5, 0.6) is 5.75 Å². The van der Waals surface area contributed by atoms with Crippen molar-refractivity contribution in [3.8, 4) is 5.75 Å². The van der Waals surface area contributed by atoms with Gasteiger partial charge in [0.05, 0.1) is 5.69 Å². The molecule has 1 amide bonds. The molecule has 1 fully saturated rings. The Kier molecular flexibility index (Phi) is 5.61. The number of nitrogens with zero attached hydrogens (tertiary/aromatic N) is 4. The number of piperazine rings is 1. The van der Waals surface area contributed by atoms with Crippen LogP contribution in [-0.4, -0.2) is 53.8 Å². The van der Waals surface area contributed by atoms with Crippen LogP contribution >= 0.6 is 11.6 Å². The second-order valence-corrected chi connectivity index (χ2v) is 6.94. The first kappa shape index (κ1) is 18.5. The van der Waals surface area contributed by atoms with E-state index in [0.717, 1.165) is 40.8 Å². The van der Waals surface area contributed by atoms with Gasteiger partial charge in [-0.25, -0.2) is 0 Å². The van der Waals surface area contributed by atoms with Crippen LogP contribution in [0.15, 0.2) is 24.3 Å². The minimum Gasteiger partial charge on any atom is -0.484 e. The molecule has 2 heterocycles. The van der Waals surface area contributed by atoms with Crippen molar-refractivity contribution in [2.75, 3.05) is 37.7 Å². The van der Waals surface area contributed by atoms with E-state index in [1.165, 1.54) is 0 Å². The van der Waals surface area contributed by atoms with Crippen molar-refractivity contribution in [1.29, 1.82) is 0 Å². The van der Waals surface area contributed by atoms with Crippen LogP contribution in [0.4, 0.5) is 5.82 Å². The highest BCUT2D eigenvalue weighted by molar-refractivity contribution is 6.32. The molecule has 0 bridgehead atoms. The summed E-state index contributed by atoms with van der Waals surface area (Å²) >= 11 is 6.16. The number of carbonyl (C=O) groups is 1. The van der Waals surface area contributed by atoms with Gasteiger partial charge < -0.3 is 14.5 Å². The van der Waals surface area contributed by atoms with Gasteiger partial charge in [0, 0.05) is 31.2 Å². The molecule has 0 spiro atoms. The van der Waals surface area contributed by atoms with Crippen LogP contribution in [-0.2, 0) is 4.79 Å². The Morgan fingerprint density at radius 3 is 2.31 bits per heavy atom. The number of ether oxygens (including phenoxy) is 1. The number of hydrogen-bond acceptors (Lipinski definition) is 5. The molecule has 0 atom stereocenters. The lowest BCUT2D eigenvalue weighted by Gasteiger charge is -2.35. The lowest BCUT2D eigenvalue weighted by Crippen LogP contribution is -2.50. The largest absolute Gasteiger partial charge is 0.484 e. The minimum atomic E-state index is -0.00936. The fourth-order valence-electron chi connectivity index (χ4n) is 2.97. The Morgan fingerprint density at radius 1 is 1.08 bits per heavy atom. The van der Waals surface area contributed by atoms with Crippen molar-refractivity contribution in [3.63, 3.8) is 0 Å². The average molecular weight is 375 g/mol. The number of anilines is 1. The average Bonchev–Trinajstić information content (AvgIpc) is 2.65. The number of carbonyl (C=O) groups excluding carboxylic acids is 1. The number of amides is 1. The Labute approximate surface area is 158 Å². The number of aryl methyl sites for hydroxylation is 3. The van der Waals surface area contributed by atoms with Crippen LogP contribution in [0.25, 0.3) is 0 Å². The summed E-state index contributed by atoms with van der Waals surface area (Å²) < 4.78 is 5.68. The van der Waals surface area contributed by atoms with Crippen molar-refractivity contribution in [1.82, 2.24) is 15.1 Å². The number of aromatic nitrogens is 2. The van der Waals surface area contributed by atoms with Gasteiger partial charge in [-0.15, -0.1) is 5.10 Å². The predicted molar refractivity (Wildman–Crippen MR) is 102 cm³/mol. The molecule has 3 rings (SSSR count). The Morgan fingerprint density at radius 2 is 1.73 bits per heavy atom. The summed E-state index contributed by atoms with van der Waals surface area (Å²) in [6.45, 7) is 8.58. The number of rotatable bonds is 4. The molecule has 1 aromatic carbocycles. The van der Waals surface area contributed by atoms with Gasteiger partial charge in [0.1, 0.15) is 5.75 Å². The molecule has 0 saturated carbocycles. The number of benzene rings is 1. The monoisotopic (exact) mass is 374 g/mol. The summed E-state index contributed by atoms with van der Waals surface area (Å²) in [6.07, 6.45) is 0. The van der Waals surface area contributed by atoms with Crippen molar-refractivity contribution >= 4 is 23.3 Å². The molecule has 6 nitrogen and oxygen atoms in total. The second-order valence-electron chi connectivity index (χ2n) is 6.56. The van der Waals surface area contributed by atoms with E-state index in [1.54, 1.807) is 0 Å². The molecule has 0 aliphatic carbocycles. The Balaban J connectivity index is 1.51. The summed E-state index contributed by atoms with van der Waals surface area (Å²) in [5, 5.41) is 9.03. The van der Waals surface area contributed by atoms with Crippen LogP contribution in [0.1, 0.15) is 16.8 Å². The first-order valence-electron chi connectivity index (χ1n) is 8.66. The lowest BCUT2D eigenvalue weighted by atomic mass is 10.1. The molecule has 0 N–H and O–H groups in total. The van der Waals surface area contributed by atoms with Crippen molar-refractivity contribution in [2.24, 2.45) is 0 Å². The Bertz CT molecular complexity index is 764. The highest BCUT2D eigenvalue weighted by Crippen LogP contribution is 2.25. The molecule has 1 saturated heterocycles. The van der Waals surface area contributed by atoms with E-state index in [1.807, 2.05) is 49.9 Å². The minimum absolute atomic E-state index is 0.00936. The molecule has 0 unspecified atom stereocenters. The van der Waals surface area contributed by atoms with Crippen molar-refractivity contribution < 1.29 is 9.53 Å². The summed E-state index contributed by atoms with van der Waals surface area (Å²) in [5.41, 5.74) is 2.79. The molecule has 7 heteroatoms. The summed E-state index contributed by atoms with van der Waals surface area (Å²) in [4.78, 5) is 16.4. The van der Waals surface area contributed by atoms with E-state index in [0.29, 0.717) is 18.8 Å². The van der Waals surface area contributed by atoms with Gasteiger partial charge in [0.15, 0.2) is 12.4 Å². The predicted octanol–water partition coefficient (Wildman–Crippen LogP) is 2.78. The number of hydrogen-bond donors (Lipinski definition) is 0. The second kappa shape index (κ2) is 7.91. The lowest BCUT2D eigenvalue weighted by molar-refractivity contribution is -0.133. The normalized spacial score (nSPS) is 14.5. The first-order valence-corrected chi connectivity index (χ1v) is 9.04. The molecule has 1 aliphatic rings. The van der Waals surface area contributed by atoms with E-state index in [-0.39, 0.29) is 12.5 Å². The topological polar surface area (TPSA) is 58.6 Å². The van der Waals surface area contributed by atoms with Gasteiger partial charge in [-0.1, -0.05) is 11.6 Å². The summed E-state index contributed by atoms with van der Waals surface area (Å²) in [7, 11) is 0. The molecule has 1 aliphatic heterocycles. The van der Waals surface area contributed by atoms with Gasteiger partial charge in [-0.3, -0.25) is 4.79 Å². The molecular weight excluding hydrogens is 352 g/mol. The first-order chi connectivity index (χ1) is 12.4. The third kappa shape index (κ3) is 4.25. The van der Waals surface area contributed by atoms with E-state index >= 15 is 0 Å². The van der Waals surface area contributed by atoms with E-state index in [9.17, 15) is 4.79 Å². The van der Waals surface area contributed by atoms with E-state index in [2.05, 4.69) is 15.1 Å². The molecule has 0 radical (unpaired) electrons. The molecular formula is C19H23ClN4O2. The zero-order valence-corrected chi connectivity index (χ0v) is 16.1. The smallest absolute Gasteiger partial charge is 0.260 e. The van der Waals surface area contributed by atoms with E-state index < -0.39 is 0 Å². The van der Waals surface area contributed by atoms with Crippen LogP contribution in [0.3, 0.4) is 0 Å². The fourth-order valence-corrected chi connectivity index (χ4v) is 3.08. The highest BCUT2D eigenvalue weighted by atomic mass is 35.5. The zero-order chi connectivity index (χ0) is 18.7. The maximum Gasteiger partial charge on any atom is 0.260 e.